The molecule has 0 N–H and O–H groups in total. The van der Waals surface area contributed by atoms with Crippen LogP contribution in [0, 0.1) is 0 Å². The highest BCUT2D eigenvalue weighted by Crippen LogP contribution is 2.26. The molecule has 0 radical (unpaired) electrons. The molecule has 0 atom stereocenters. The first-order chi connectivity index (χ1) is 12.8. The van der Waals surface area contributed by atoms with Crippen molar-refractivity contribution in [3.8, 4) is 0 Å². The summed E-state index contributed by atoms with van der Waals surface area (Å²) in [6.45, 7) is 6.11. The van der Waals surface area contributed by atoms with Gasteiger partial charge in [-0.05, 0) is 38.3 Å². The van der Waals surface area contributed by atoms with Crippen LogP contribution in [0.3, 0.4) is 0 Å². The van der Waals surface area contributed by atoms with E-state index in [4.69, 9.17) is 0 Å². The van der Waals surface area contributed by atoms with Gasteiger partial charge in [-0.3, -0.25) is 4.79 Å². The van der Waals surface area contributed by atoms with Gasteiger partial charge in [0.1, 0.15) is 0 Å². The molecular weight excluding hydrogens is 362 g/mol. The zero-order valence-electron chi connectivity index (χ0n) is 16.4. The summed E-state index contributed by atoms with van der Waals surface area (Å²) in [7, 11) is -3.16. The van der Waals surface area contributed by atoms with Gasteiger partial charge in [-0.1, -0.05) is 18.2 Å². The number of aryl methyl sites for hydroxylation is 1. The van der Waals surface area contributed by atoms with Crippen molar-refractivity contribution < 1.29 is 13.2 Å². The number of nitrogens with zero attached hydrogens (tertiary/aromatic N) is 3. The molecule has 1 amide bonds. The summed E-state index contributed by atoms with van der Waals surface area (Å²) in [6.07, 6.45) is 5.61. The van der Waals surface area contributed by atoms with Crippen LogP contribution in [0.15, 0.2) is 30.5 Å². The van der Waals surface area contributed by atoms with E-state index in [1.54, 1.807) is 4.90 Å². The van der Waals surface area contributed by atoms with Gasteiger partial charge in [-0.2, -0.15) is 4.31 Å². The first-order valence-corrected chi connectivity index (χ1v) is 11.4. The Bertz CT molecular complexity index is 910. The van der Waals surface area contributed by atoms with Crippen LogP contribution >= 0.6 is 0 Å². The molecule has 1 aromatic carbocycles. The van der Waals surface area contributed by atoms with Gasteiger partial charge in [0.05, 0.1) is 6.26 Å². The second kappa shape index (κ2) is 8.02. The minimum Gasteiger partial charge on any atom is -0.345 e. The Morgan fingerprint density at radius 1 is 1.11 bits per heavy atom. The number of hydrogen-bond donors (Lipinski definition) is 0. The standard InChI is InChI=1S/C20H29N3O3S/c1-16(2)23-15-17(18-8-4-5-9-19(18)23)7-6-10-20(24)21-11-13-22(14-12-21)27(3,25)26/h4-5,8-9,15-16H,6-7,10-14H2,1-3H3. The van der Waals surface area contributed by atoms with Crippen LogP contribution in [0.2, 0.25) is 0 Å². The van der Waals surface area contributed by atoms with Crippen molar-refractivity contribution in [2.75, 3.05) is 32.4 Å². The Balaban J connectivity index is 1.56. The highest BCUT2D eigenvalue weighted by molar-refractivity contribution is 7.88. The Morgan fingerprint density at radius 2 is 1.78 bits per heavy atom. The van der Waals surface area contributed by atoms with E-state index in [2.05, 4.69) is 48.9 Å². The second-order valence-corrected chi connectivity index (χ2v) is 9.55. The Labute approximate surface area is 161 Å². The van der Waals surface area contributed by atoms with Crippen molar-refractivity contribution in [1.82, 2.24) is 13.8 Å². The van der Waals surface area contributed by atoms with Crippen LogP contribution in [0.5, 0.6) is 0 Å². The van der Waals surface area contributed by atoms with Crippen molar-refractivity contribution in [1.29, 1.82) is 0 Å². The molecule has 0 bridgehead atoms. The van der Waals surface area contributed by atoms with Crippen LogP contribution in [0.25, 0.3) is 10.9 Å². The number of piperazine rings is 1. The number of para-hydroxylation sites is 1. The van der Waals surface area contributed by atoms with Gasteiger partial charge in [0.2, 0.25) is 15.9 Å². The van der Waals surface area contributed by atoms with Gasteiger partial charge in [-0.25, -0.2) is 8.42 Å². The number of hydrogen-bond acceptors (Lipinski definition) is 3. The minimum atomic E-state index is -3.16. The Hall–Kier alpha value is -1.86. The number of benzene rings is 1. The highest BCUT2D eigenvalue weighted by Gasteiger charge is 2.25. The summed E-state index contributed by atoms with van der Waals surface area (Å²) in [5.41, 5.74) is 2.53. The summed E-state index contributed by atoms with van der Waals surface area (Å²) in [5.74, 6) is 0.121. The van der Waals surface area contributed by atoms with E-state index in [0.29, 0.717) is 38.6 Å². The van der Waals surface area contributed by atoms with Crippen LogP contribution in [0.4, 0.5) is 0 Å². The highest BCUT2D eigenvalue weighted by atomic mass is 32.2. The van der Waals surface area contributed by atoms with Crippen molar-refractivity contribution in [2.24, 2.45) is 0 Å². The summed E-state index contributed by atoms with van der Waals surface area (Å²) in [6, 6.07) is 8.81. The summed E-state index contributed by atoms with van der Waals surface area (Å²) < 4.78 is 26.9. The third kappa shape index (κ3) is 4.52. The van der Waals surface area contributed by atoms with E-state index in [1.807, 2.05) is 0 Å². The van der Waals surface area contributed by atoms with Crippen molar-refractivity contribution >= 4 is 26.8 Å². The van der Waals surface area contributed by atoms with Gasteiger partial charge < -0.3 is 9.47 Å². The van der Waals surface area contributed by atoms with Crippen LogP contribution in [-0.4, -0.2) is 60.5 Å². The molecule has 0 unspecified atom stereocenters. The van der Waals surface area contributed by atoms with Crippen molar-refractivity contribution in [2.45, 2.75) is 39.2 Å². The number of carbonyl (C=O) groups excluding carboxylic acids is 1. The zero-order chi connectivity index (χ0) is 19.6. The third-order valence-electron chi connectivity index (χ3n) is 5.28. The molecule has 27 heavy (non-hydrogen) atoms. The van der Waals surface area contributed by atoms with Gasteiger partial charge in [0.15, 0.2) is 0 Å². The van der Waals surface area contributed by atoms with E-state index in [9.17, 15) is 13.2 Å². The number of rotatable bonds is 6. The van der Waals surface area contributed by atoms with Gasteiger partial charge in [0, 0.05) is 55.7 Å². The number of carbonyl (C=O) groups is 1. The molecule has 1 fully saturated rings. The lowest BCUT2D eigenvalue weighted by molar-refractivity contribution is -0.132. The van der Waals surface area contributed by atoms with Crippen LogP contribution in [0.1, 0.15) is 38.3 Å². The molecule has 7 heteroatoms. The Kier molecular flexibility index (Phi) is 5.91. The van der Waals surface area contributed by atoms with Crippen LogP contribution < -0.4 is 0 Å². The van der Waals surface area contributed by atoms with E-state index in [0.717, 1.165) is 12.8 Å². The third-order valence-corrected chi connectivity index (χ3v) is 6.58. The molecule has 1 aliphatic heterocycles. The summed E-state index contributed by atoms with van der Waals surface area (Å²) >= 11 is 0. The monoisotopic (exact) mass is 391 g/mol. The molecule has 6 nitrogen and oxygen atoms in total. The van der Waals surface area contributed by atoms with E-state index >= 15 is 0 Å². The SMILES string of the molecule is CC(C)n1cc(CCCC(=O)N2CCN(S(C)(=O)=O)CC2)c2ccccc21. The maximum atomic E-state index is 12.5. The topological polar surface area (TPSA) is 62.6 Å². The molecule has 0 spiro atoms. The largest absolute Gasteiger partial charge is 0.345 e. The minimum absolute atomic E-state index is 0.121. The average molecular weight is 392 g/mol. The lowest BCUT2D eigenvalue weighted by Crippen LogP contribution is -2.50. The molecule has 2 heterocycles. The zero-order valence-corrected chi connectivity index (χ0v) is 17.2. The fraction of sp³-hybridized carbons (Fsp3) is 0.550. The maximum absolute atomic E-state index is 12.5. The molecular formula is C20H29N3O3S. The number of amides is 1. The summed E-state index contributed by atoms with van der Waals surface area (Å²) in [5, 5.41) is 1.26. The number of aromatic nitrogens is 1. The molecule has 3 rings (SSSR count). The first kappa shape index (κ1) is 19.9. The van der Waals surface area contributed by atoms with Crippen molar-refractivity contribution in [3.63, 3.8) is 0 Å². The normalized spacial score (nSPS) is 16.4. The lowest BCUT2D eigenvalue weighted by Gasteiger charge is -2.33. The van der Waals surface area contributed by atoms with E-state index in [1.165, 1.54) is 27.0 Å². The number of sulfonamides is 1. The molecule has 0 aliphatic carbocycles. The average Bonchev–Trinajstić information content (AvgIpc) is 3.00. The molecule has 1 saturated heterocycles. The lowest BCUT2D eigenvalue weighted by atomic mass is 10.1. The Morgan fingerprint density at radius 3 is 2.41 bits per heavy atom. The van der Waals surface area contributed by atoms with Gasteiger partial charge >= 0.3 is 0 Å². The molecule has 0 saturated carbocycles. The second-order valence-electron chi connectivity index (χ2n) is 7.57. The van der Waals surface area contributed by atoms with Gasteiger partial charge in [0.25, 0.3) is 0 Å². The molecule has 1 aliphatic rings. The van der Waals surface area contributed by atoms with Crippen LogP contribution in [-0.2, 0) is 21.2 Å². The molecule has 148 valence electrons. The fourth-order valence-electron chi connectivity index (χ4n) is 3.76. The summed E-state index contributed by atoms with van der Waals surface area (Å²) in [4.78, 5) is 14.3. The number of fused-ring (bicyclic) bond motifs is 1. The molecule has 2 aromatic rings. The van der Waals surface area contributed by atoms with Gasteiger partial charge in [-0.15, -0.1) is 0 Å². The van der Waals surface area contributed by atoms with E-state index in [-0.39, 0.29) is 5.91 Å². The molecule has 1 aromatic heterocycles. The maximum Gasteiger partial charge on any atom is 0.222 e. The smallest absolute Gasteiger partial charge is 0.222 e. The first-order valence-electron chi connectivity index (χ1n) is 9.58. The predicted octanol–water partition coefficient (Wildman–Crippen LogP) is 2.65. The van der Waals surface area contributed by atoms with Crippen molar-refractivity contribution in [3.05, 3.63) is 36.0 Å². The van der Waals surface area contributed by atoms with E-state index < -0.39 is 10.0 Å². The fourth-order valence-corrected chi connectivity index (χ4v) is 4.59. The quantitative estimate of drug-likeness (QED) is 0.760. The predicted molar refractivity (Wildman–Crippen MR) is 108 cm³/mol.